The highest BCUT2D eigenvalue weighted by molar-refractivity contribution is 9.10. The van der Waals surface area contributed by atoms with Gasteiger partial charge < -0.3 is 15.4 Å². The summed E-state index contributed by atoms with van der Waals surface area (Å²) in [5.41, 5.74) is 1.56. The molecule has 20 heavy (non-hydrogen) atoms. The van der Waals surface area contributed by atoms with Crippen LogP contribution in [0.2, 0.25) is 0 Å². The van der Waals surface area contributed by atoms with Gasteiger partial charge in [0.2, 0.25) is 0 Å². The number of urea groups is 1. The fourth-order valence-electron chi connectivity index (χ4n) is 1.72. The number of nitrogens with zero attached hydrogens (tertiary/aromatic N) is 1. The van der Waals surface area contributed by atoms with Crippen LogP contribution in [-0.4, -0.2) is 19.2 Å². The van der Waals surface area contributed by atoms with E-state index in [-0.39, 0.29) is 12.1 Å². The second-order valence-electron chi connectivity index (χ2n) is 4.26. The van der Waals surface area contributed by atoms with Gasteiger partial charge in [-0.25, -0.2) is 4.79 Å². The van der Waals surface area contributed by atoms with Gasteiger partial charge in [0, 0.05) is 28.9 Å². The molecule has 1 aromatic rings. The molecule has 0 aliphatic rings. The van der Waals surface area contributed by atoms with Gasteiger partial charge in [0.25, 0.3) is 0 Å². The van der Waals surface area contributed by atoms with E-state index in [9.17, 15) is 4.79 Å². The predicted molar refractivity (Wildman–Crippen MR) is 81.3 cm³/mol. The molecule has 2 N–H and O–H groups in total. The fourth-order valence-corrected chi connectivity index (χ4v) is 2.20. The van der Waals surface area contributed by atoms with Crippen LogP contribution < -0.4 is 10.6 Å². The Hall–Kier alpha value is -1.58. The van der Waals surface area contributed by atoms with Gasteiger partial charge in [-0.1, -0.05) is 28.9 Å². The average Bonchev–Trinajstić information content (AvgIpc) is 2.42. The Balaban J connectivity index is 2.75. The summed E-state index contributed by atoms with van der Waals surface area (Å²) in [6.07, 6.45) is 1.01. The Bertz CT molecular complexity index is 500. The molecular weight excluding hydrogens is 322 g/mol. The van der Waals surface area contributed by atoms with E-state index in [0.717, 1.165) is 10.0 Å². The monoisotopic (exact) mass is 339 g/mol. The third kappa shape index (κ3) is 4.83. The first-order chi connectivity index (χ1) is 9.62. The second kappa shape index (κ2) is 8.56. The van der Waals surface area contributed by atoms with Crippen LogP contribution in [0.15, 0.2) is 22.7 Å². The molecule has 0 bridgehead atoms. The van der Waals surface area contributed by atoms with Crippen molar-refractivity contribution in [1.82, 2.24) is 5.32 Å². The van der Waals surface area contributed by atoms with Gasteiger partial charge in [-0.3, -0.25) is 0 Å². The van der Waals surface area contributed by atoms with Gasteiger partial charge >= 0.3 is 6.03 Å². The molecule has 2 amide bonds. The third-order valence-electron chi connectivity index (χ3n) is 2.82. The number of rotatable bonds is 6. The number of nitriles is 1. The Morgan fingerprint density at radius 1 is 1.55 bits per heavy atom. The molecule has 1 unspecified atom stereocenters. The second-order valence-corrected chi connectivity index (χ2v) is 5.12. The predicted octanol–water partition coefficient (Wildman–Crippen LogP) is 3.41. The van der Waals surface area contributed by atoms with Crippen molar-refractivity contribution in [1.29, 1.82) is 5.26 Å². The van der Waals surface area contributed by atoms with E-state index < -0.39 is 0 Å². The van der Waals surface area contributed by atoms with E-state index in [2.05, 4.69) is 32.6 Å². The van der Waals surface area contributed by atoms with Gasteiger partial charge in [0.15, 0.2) is 0 Å². The molecule has 0 aromatic heterocycles. The summed E-state index contributed by atoms with van der Waals surface area (Å²) in [7, 11) is 1.60. The number of carbonyl (C=O) groups excluding carboxylic acids is 1. The summed E-state index contributed by atoms with van der Waals surface area (Å²) in [4.78, 5) is 11.9. The zero-order valence-corrected chi connectivity index (χ0v) is 13.2. The van der Waals surface area contributed by atoms with Crippen LogP contribution in [0.1, 0.15) is 25.3 Å². The third-order valence-corrected chi connectivity index (χ3v) is 3.56. The van der Waals surface area contributed by atoms with E-state index in [4.69, 9.17) is 10.00 Å². The van der Waals surface area contributed by atoms with Crippen LogP contribution in [-0.2, 0) is 11.3 Å². The normalized spacial score (nSPS) is 11.5. The van der Waals surface area contributed by atoms with E-state index in [1.54, 1.807) is 7.11 Å². The van der Waals surface area contributed by atoms with E-state index in [0.29, 0.717) is 25.1 Å². The summed E-state index contributed by atoms with van der Waals surface area (Å²) in [6, 6.07) is 7.14. The van der Waals surface area contributed by atoms with Crippen molar-refractivity contribution in [2.45, 2.75) is 32.4 Å². The number of hydrogen-bond acceptors (Lipinski definition) is 3. The summed E-state index contributed by atoms with van der Waals surface area (Å²) in [5.74, 6) is 0. The topological polar surface area (TPSA) is 74.2 Å². The molecule has 0 aliphatic carbocycles. The summed E-state index contributed by atoms with van der Waals surface area (Å²) in [5, 5.41) is 14.2. The zero-order chi connectivity index (χ0) is 15.0. The number of hydrogen-bond donors (Lipinski definition) is 2. The molecule has 1 rings (SSSR count). The highest BCUT2D eigenvalue weighted by atomic mass is 79.9. The van der Waals surface area contributed by atoms with Gasteiger partial charge in [-0.15, -0.1) is 0 Å². The summed E-state index contributed by atoms with van der Waals surface area (Å²) >= 11 is 3.43. The van der Waals surface area contributed by atoms with Crippen molar-refractivity contribution in [2.75, 3.05) is 12.4 Å². The van der Waals surface area contributed by atoms with Gasteiger partial charge in [0.05, 0.1) is 19.1 Å². The minimum Gasteiger partial charge on any atom is -0.380 e. The number of methoxy groups -OCH3 is 1. The van der Waals surface area contributed by atoms with Crippen molar-refractivity contribution in [2.24, 2.45) is 0 Å². The number of nitrogens with one attached hydrogen (secondary N) is 2. The molecule has 1 aromatic carbocycles. The first-order valence-corrected chi connectivity index (χ1v) is 7.12. The minimum atomic E-state index is -0.317. The number of halogens is 1. The number of anilines is 1. The van der Waals surface area contributed by atoms with Gasteiger partial charge in [-0.05, 0) is 18.6 Å². The maximum atomic E-state index is 11.9. The molecule has 0 saturated heterocycles. The SMILES string of the molecule is CCC(CC#N)NC(=O)Nc1cccc(Br)c1COC. The number of carbonyl (C=O) groups is 1. The van der Waals surface area contributed by atoms with Gasteiger partial charge in [-0.2, -0.15) is 5.26 Å². The molecular formula is C14H18BrN3O2. The van der Waals surface area contributed by atoms with Crippen LogP contribution in [0.4, 0.5) is 10.5 Å². The highest BCUT2D eigenvalue weighted by Gasteiger charge is 2.13. The van der Waals surface area contributed by atoms with Crippen molar-refractivity contribution < 1.29 is 9.53 Å². The Kier molecular flexibility index (Phi) is 7.05. The first kappa shape index (κ1) is 16.5. The standard InChI is InChI=1S/C14H18BrN3O2/c1-3-10(7-8-16)17-14(19)18-13-6-4-5-12(15)11(13)9-20-2/h4-6,10H,3,7,9H2,1-2H3,(H2,17,18,19). The lowest BCUT2D eigenvalue weighted by molar-refractivity contribution is 0.185. The molecule has 0 radical (unpaired) electrons. The smallest absolute Gasteiger partial charge is 0.319 e. The van der Waals surface area contributed by atoms with E-state index in [1.807, 2.05) is 25.1 Å². The Morgan fingerprint density at radius 2 is 2.30 bits per heavy atom. The lowest BCUT2D eigenvalue weighted by atomic mass is 10.1. The number of ether oxygens (including phenoxy) is 1. The Morgan fingerprint density at radius 3 is 2.90 bits per heavy atom. The molecule has 0 fully saturated rings. The van der Waals surface area contributed by atoms with Crippen molar-refractivity contribution in [3.05, 3.63) is 28.2 Å². The Labute approximate surface area is 127 Å². The molecule has 0 aliphatic heterocycles. The lowest BCUT2D eigenvalue weighted by Gasteiger charge is -2.16. The van der Waals surface area contributed by atoms with E-state index in [1.165, 1.54) is 0 Å². The molecule has 108 valence electrons. The highest BCUT2D eigenvalue weighted by Crippen LogP contribution is 2.25. The quantitative estimate of drug-likeness (QED) is 0.833. The van der Waals surface area contributed by atoms with Crippen LogP contribution in [0.5, 0.6) is 0 Å². The van der Waals surface area contributed by atoms with Crippen molar-refractivity contribution >= 4 is 27.6 Å². The number of benzene rings is 1. The molecule has 1 atom stereocenters. The van der Waals surface area contributed by atoms with Crippen LogP contribution in [0.25, 0.3) is 0 Å². The molecule has 5 nitrogen and oxygen atoms in total. The lowest BCUT2D eigenvalue weighted by Crippen LogP contribution is -2.37. The first-order valence-electron chi connectivity index (χ1n) is 6.33. The van der Waals surface area contributed by atoms with Crippen LogP contribution >= 0.6 is 15.9 Å². The molecule has 0 saturated carbocycles. The van der Waals surface area contributed by atoms with Gasteiger partial charge in [0.1, 0.15) is 0 Å². The van der Waals surface area contributed by atoms with E-state index >= 15 is 0 Å². The molecule has 0 heterocycles. The maximum absolute atomic E-state index is 11.9. The number of amides is 2. The maximum Gasteiger partial charge on any atom is 0.319 e. The van der Waals surface area contributed by atoms with Crippen molar-refractivity contribution in [3.8, 4) is 6.07 Å². The summed E-state index contributed by atoms with van der Waals surface area (Å²) in [6.45, 7) is 2.32. The van der Waals surface area contributed by atoms with Crippen LogP contribution in [0.3, 0.4) is 0 Å². The van der Waals surface area contributed by atoms with Crippen LogP contribution in [0, 0.1) is 11.3 Å². The largest absolute Gasteiger partial charge is 0.380 e. The average molecular weight is 340 g/mol. The zero-order valence-electron chi connectivity index (χ0n) is 11.6. The summed E-state index contributed by atoms with van der Waals surface area (Å²) < 4.78 is 6.00. The van der Waals surface area contributed by atoms with Crippen molar-refractivity contribution in [3.63, 3.8) is 0 Å². The fraction of sp³-hybridized carbons (Fsp3) is 0.429. The molecule has 0 spiro atoms. The molecule has 6 heteroatoms. The minimum absolute atomic E-state index is 0.141.